The van der Waals surface area contributed by atoms with Crippen LogP contribution in [0.4, 0.5) is 0 Å². The molecule has 27 heavy (non-hydrogen) atoms. The fourth-order valence-electron chi connectivity index (χ4n) is 3.07. The average Bonchev–Trinajstić information content (AvgIpc) is 3.17. The molecule has 0 fully saturated rings. The van der Waals surface area contributed by atoms with Gasteiger partial charge in [0.25, 0.3) is 0 Å². The second-order valence-electron chi connectivity index (χ2n) is 6.29. The molecule has 0 amide bonds. The zero-order valence-corrected chi connectivity index (χ0v) is 14.5. The lowest BCUT2D eigenvalue weighted by atomic mass is 10.2. The van der Waals surface area contributed by atoms with Crippen molar-refractivity contribution < 1.29 is 9.15 Å². The SMILES string of the molecule is c1ccc(COc2cccc3ccc(-c4nc5ccccc5o4)nc23)cc1. The van der Waals surface area contributed by atoms with Gasteiger partial charge in [-0.05, 0) is 29.8 Å². The Labute approximate surface area is 156 Å². The minimum absolute atomic E-state index is 0.495. The van der Waals surface area contributed by atoms with Gasteiger partial charge in [0, 0.05) is 5.39 Å². The van der Waals surface area contributed by atoms with Crippen LogP contribution < -0.4 is 4.74 Å². The van der Waals surface area contributed by atoms with Gasteiger partial charge >= 0.3 is 0 Å². The van der Waals surface area contributed by atoms with Gasteiger partial charge in [-0.1, -0.05) is 60.7 Å². The molecule has 5 aromatic rings. The first kappa shape index (κ1) is 15.6. The number of oxazole rings is 1. The van der Waals surface area contributed by atoms with E-state index in [0.29, 0.717) is 18.2 Å². The van der Waals surface area contributed by atoms with Crippen LogP contribution in [0, 0.1) is 0 Å². The molecule has 0 unspecified atom stereocenters. The molecule has 0 saturated heterocycles. The molecule has 2 heterocycles. The molecule has 0 N–H and O–H groups in total. The molecule has 0 aliphatic rings. The van der Waals surface area contributed by atoms with Gasteiger partial charge in [0.2, 0.25) is 5.89 Å². The number of ether oxygens (including phenoxy) is 1. The lowest BCUT2D eigenvalue weighted by Crippen LogP contribution is -1.97. The number of hydrogen-bond acceptors (Lipinski definition) is 4. The summed E-state index contributed by atoms with van der Waals surface area (Å²) in [5.74, 6) is 1.25. The second kappa shape index (κ2) is 6.57. The normalized spacial score (nSPS) is 11.1. The van der Waals surface area contributed by atoms with Gasteiger partial charge in [-0.2, -0.15) is 0 Å². The van der Waals surface area contributed by atoms with E-state index in [1.807, 2.05) is 84.9 Å². The fourth-order valence-corrected chi connectivity index (χ4v) is 3.07. The quantitative estimate of drug-likeness (QED) is 0.421. The van der Waals surface area contributed by atoms with Gasteiger partial charge in [0.1, 0.15) is 29.1 Å². The van der Waals surface area contributed by atoms with Crippen LogP contribution in [0.25, 0.3) is 33.6 Å². The van der Waals surface area contributed by atoms with Crippen LogP contribution in [0.15, 0.2) is 89.3 Å². The van der Waals surface area contributed by atoms with E-state index in [2.05, 4.69) is 4.98 Å². The van der Waals surface area contributed by atoms with Crippen molar-refractivity contribution in [2.24, 2.45) is 0 Å². The van der Waals surface area contributed by atoms with E-state index in [-0.39, 0.29) is 0 Å². The summed E-state index contributed by atoms with van der Waals surface area (Å²) in [4.78, 5) is 9.31. The monoisotopic (exact) mass is 352 g/mol. The third kappa shape index (κ3) is 3.02. The van der Waals surface area contributed by atoms with Crippen molar-refractivity contribution in [2.45, 2.75) is 6.61 Å². The third-order valence-electron chi connectivity index (χ3n) is 4.43. The topological polar surface area (TPSA) is 48.2 Å². The van der Waals surface area contributed by atoms with Crippen molar-refractivity contribution in [1.82, 2.24) is 9.97 Å². The minimum Gasteiger partial charge on any atom is -0.487 e. The standard InChI is InChI=1S/C23H16N2O2/c1-2-7-16(8-3-1)15-26-21-12-6-9-17-13-14-19(24-22(17)21)23-25-18-10-4-5-11-20(18)27-23/h1-14H,15H2. The first-order chi connectivity index (χ1) is 13.4. The van der Waals surface area contributed by atoms with Crippen molar-refractivity contribution in [3.63, 3.8) is 0 Å². The Balaban J connectivity index is 1.53. The molecule has 0 atom stereocenters. The number of rotatable bonds is 4. The zero-order valence-electron chi connectivity index (χ0n) is 14.5. The van der Waals surface area contributed by atoms with Gasteiger partial charge < -0.3 is 9.15 Å². The zero-order chi connectivity index (χ0) is 18.1. The Bertz CT molecular complexity index is 1200. The van der Waals surface area contributed by atoms with Crippen LogP contribution in [0.2, 0.25) is 0 Å². The van der Waals surface area contributed by atoms with E-state index < -0.39 is 0 Å². The highest BCUT2D eigenvalue weighted by Crippen LogP contribution is 2.29. The molecule has 0 aliphatic heterocycles. The molecule has 0 aliphatic carbocycles. The highest BCUT2D eigenvalue weighted by molar-refractivity contribution is 5.86. The smallest absolute Gasteiger partial charge is 0.246 e. The van der Waals surface area contributed by atoms with Crippen LogP contribution in [0.1, 0.15) is 5.56 Å². The number of pyridine rings is 1. The van der Waals surface area contributed by atoms with Crippen molar-refractivity contribution in [3.8, 4) is 17.3 Å². The van der Waals surface area contributed by atoms with Gasteiger partial charge in [0.15, 0.2) is 5.58 Å². The van der Waals surface area contributed by atoms with Crippen molar-refractivity contribution >= 4 is 22.0 Å². The summed E-state index contributed by atoms with van der Waals surface area (Å²) in [7, 11) is 0. The number of hydrogen-bond donors (Lipinski definition) is 0. The minimum atomic E-state index is 0.495. The first-order valence-electron chi connectivity index (χ1n) is 8.79. The lowest BCUT2D eigenvalue weighted by molar-refractivity contribution is 0.309. The molecule has 2 aromatic heterocycles. The van der Waals surface area contributed by atoms with Gasteiger partial charge in [-0.15, -0.1) is 0 Å². The number of benzene rings is 3. The first-order valence-corrected chi connectivity index (χ1v) is 8.79. The summed E-state index contributed by atoms with van der Waals surface area (Å²) in [6.07, 6.45) is 0. The van der Waals surface area contributed by atoms with E-state index in [4.69, 9.17) is 14.1 Å². The molecule has 4 heteroatoms. The Kier molecular flexibility index (Phi) is 3.79. The number of aromatic nitrogens is 2. The van der Waals surface area contributed by atoms with Crippen molar-refractivity contribution in [3.05, 3.63) is 90.5 Å². The average molecular weight is 352 g/mol. The molecule has 130 valence electrons. The largest absolute Gasteiger partial charge is 0.487 e. The third-order valence-corrected chi connectivity index (χ3v) is 4.43. The maximum atomic E-state index is 6.04. The van der Waals surface area contributed by atoms with Crippen LogP contribution in [-0.4, -0.2) is 9.97 Å². The molecule has 0 saturated carbocycles. The lowest BCUT2D eigenvalue weighted by Gasteiger charge is -2.09. The van der Waals surface area contributed by atoms with Crippen LogP contribution in [0.5, 0.6) is 5.75 Å². The Morgan fingerprint density at radius 1 is 0.741 bits per heavy atom. The van der Waals surface area contributed by atoms with Crippen LogP contribution >= 0.6 is 0 Å². The summed E-state index contributed by atoms with van der Waals surface area (Å²) in [5, 5.41) is 1.01. The Morgan fingerprint density at radius 3 is 2.48 bits per heavy atom. The number of para-hydroxylation sites is 3. The molecule has 5 rings (SSSR count). The predicted molar refractivity (Wildman–Crippen MR) is 106 cm³/mol. The Morgan fingerprint density at radius 2 is 1.59 bits per heavy atom. The maximum absolute atomic E-state index is 6.04. The van der Waals surface area contributed by atoms with Crippen LogP contribution in [-0.2, 0) is 6.61 Å². The van der Waals surface area contributed by atoms with Crippen molar-refractivity contribution in [2.75, 3.05) is 0 Å². The maximum Gasteiger partial charge on any atom is 0.246 e. The van der Waals surface area contributed by atoms with E-state index in [9.17, 15) is 0 Å². The van der Waals surface area contributed by atoms with Gasteiger partial charge in [-0.25, -0.2) is 9.97 Å². The van der Waals surface area contributed by atoms with E-state index >= 15 is 0 Å². The highest BCUT2D eigenvalue weighted by Gasteiger charge is 2.12. The van der Waals surface area contributed by atoms with Crippen LogP contribution in [0.3, 0.4) is 0 Å². The summed E-state index contributed by atoms with van der Waals surface area (Å²) < 4.78 is 11.9. The molecular formula is C23H16N2O2. The molecule has 0 bridgehead atoms. The van der Waals surface area contributed by atoms with Crippen molar-refractivity contribution in [1.29, 1.82) is 0 Å². The predicted octanol–water partition coefficient (Wildman–Crippen LogP) is 5.62. The summed E-state index contributed by atoms with van der Waals surface area (Å²) >= 11 is 0. The molecule has 0 radical (unpaired) electrons. The summed E-state index contributed by atoms with van der Waals surface area (Å²) in [6, 6.07) is 27.7. The molecular weight excluding hydrogens is 336 g/mol. The van der Waals surface area contributed by atoms with E-state index in [1.165, 1.54) is 0 Å². The summed E-state index contributed by atoms with van der Waals surface area (Å²) in [5.41, 5.74) is 4.18. The molecule has 0 spiro atoms. The second-order valence-corrected chi connectivity index (χ2v) is 6.29. The molecule has 4 nitrogen and oxygen atoms in total. The fraction of sp³-hybridized carbons (Fsp3) is 0.0435. The highest BCUT2D eigenvalue weighted by atomic mass is 16.5. The van der Waals surface area contributed by atoms with Gasteiger partial charge in [0.05, 0.1) is 0 Å². The van der Waals surface area contributed by atoms with E-state index in [0.717, 1.165) is 33.3 Å². The number of fused-ring (bicyclic) bond motifs is 2. The summed E-state index contributed by atoms with van der Waals surface area (Å²) in [6.45, 7) is 0.495. The number of nitrogens with zero attached hydrogens (tertiary/aromatic N) is 2. The Hall–Kier alpha value is -3.66. The van der Waals surface area contributed by atoms with E-state index in [1.54, 1.807) is 0 Å². The molecule has 3 aromatic carbocycles. The van der Waals surface area contributed by atoms with Gasteiger partial charge in [-0.3, -0.25) is 0 Å².